The van der Waals surface area contributed by atoms with Gasteiger partial charge < -0.3 is 14.6 Å². The Kier molecular flexibility index (Phi) is 3.89. The summed E-state index contributed by atoms with van der Waals surface area (Å²) in [6.07, 6.45) is 7.16. The van der Waals surface area contributed by atoms with E-state index in [1.807, 2.05) is 45.4 Å². The van der Waals surface area contributed by atoms with Crippen molar-refractivity contribution in [3.63, 3.8) is 0 Å². The largest absolute Gasteiger partial charge is 0.395 e. The van der Waals surface area contributed by atoms with E-state index in [2.05, 4.69) is 0 Å². The van der Waals surface area contributed by atoms with Crippen LogP contribution in [0.25, 0.3) is 5.69 Å². The highest BCUT2D eigenvalue weighted by atomic mass is 32.1. The summed E-state index contributed by atoms with van der Waals surface area (Å²) in [6, 6.07) is 6.16. The number of nitrogens with zero attached hydrogens (tertiary/aromatic N) is 2. The summed E-state index contributed by atoms with van der Waals surface area (Å²) in [5, 5.41) is 11.2. The molecule has 1 N–H and O–H groups in total. The molecular weight excluding hydrogens is 272 g/mol. The zero-order valence-corrected chi connectivity index (χ0v) is 12.1. The van der Waals surface area contributed by atoms with Gasteiger partial charge in [-0.05, 0) is 42.8 Å². The van der Waals surface area contributed by atoms with Crippen molar-refractivity contribution in [3.05, 3.63) is 40.8 Å². The summed E-state index contributed by atoms with van der Waals surface area (Å²) in [5.41, 5.74) is 0.923. The highest BCUT2D eigenvalue weighted by molar-refractivity contribution is 7.12. The number of rotatable bonds is 5. The van der Waals surface area contributed by atoms with E-state index in [1.165, 1.54) is 17.8 Å². The van der Waals surface area contributed by atoms with Gasteiger partial charge in [-0.2, -0.15) is 0 Å². The molecule has 0 unspecified atom stereocenters. The molecule has 2 aromatic rings. The molecule has 1 fully saturated rings. The average Bonchev–Trinajstić information content (AvgIpc) is 3.05. The molecule has 0 aliphatic heterocycles. The minimum atomic E-state index is 0.0203. The highest BCUT2D eigenvalue weighted by Gasteiger charge is 2.30. The highest BCUT2D eigenvalue weighted by Crippen LogP contribution is 2.29. The van der Waals surface area contributed by atoms with Gasteiger partial charge in [0.25, 0.3) is 5.91 Å². The Morgan fingerprint density at radius 2 is 2.15 bits per heavy atom. The van der Waals surface area contributed by atoms with Gasteiger partial charge >= 0.3 is 0 Å². The minimum absolute atomic E-state index is 0.0203. The molecule has 0 radical (unpaired) electrons. The number of hydrogen-bond donors (Lipinski definition) is 1. The van der Waals surface area contributed by atoms with Crippen LogP contribution in [-0.2, 0) is 0 Å². The summed E-state index contributed by atoms with van der Waals surface area (Å²) in [6.45, 7) is 0.443. The van der Waals surface area contributed by atoms with Crippen molar-refractivity contribution in [2.24, 2.45) is 0 Å². The number of hydrogen-bond acceptors (Lipinski definition) is 3. The number of carbonyl (C=O) groups is 1. The lowest BCUT2D eigenvalue weighted by molar-refractivity contribution is 0.0530. The lowest BCUT2D eigenvalue weighted by Crippen LogP contribution is -2.45. The first kappa shape index (κ1) is 13.4. The molecular formula is C15H18N2O2S. The Hall–Kier alpha value is -1.59. The molecule has 20 heavy (non-hydrogen) atoms. The third kappa shape index (κ3) is 2.39. The van der Waals surface area contributed by atoms with E-state index in [1.54, 1.807) is 0 Å². The fraction of sp³-hybridized carbons (Fsp3) is 0.400. The van der Waals surface area contributed by atoms with E-state index in [0.29, 0.717) is 12.6 Å². The monoisotopic (exact) mass is 290 g/mol. The van der Waals surface area contributed by atoms with Crippen LogP contribution in [0.5, 0.6) is 0 Å². The SMILES string of the molecule is O=C(c1sccc1-n1cccc1)N(CCO)C1CCC1. The average molecular weight is 290 g/mol. The van der Waals surface area contributed by atoms with Gasteiger partial charge in [0, 0.05) is 25.0 Å². The molecule has 0 bridgehead atoms. The maximum Gasteiger partial charge on any atom is 0.266 e. The first-order valence-corrected chi connectivity index (χ1v) is 7.82. The molecule has 4 nitrogen and oxygen atoms in total. The van der Waals surface area contributed by atoms with Gasteiger partial charge in [-0.3, -0.25) is 4.79 Å². The van der Waals surface area contributed by atoms with Crippen LogP contribution in [0.1, 0.15) is 28.9 Å². The van der Waals surface area contributed by atoms with Crippen molar-refractivity contribution in [1.29, 1.82) is 0 Å². The third-order valence-electron chi connectivity index (χ3n) is 3.84. The predicted octanol–water partition coefficient (Wildman–Crippen LogP) is 2.53. The van der Waals surface area contributed by atoms with E-state index < -0.39 is 0 Å². The molecule has 2 heterocycles. The topological polar surface area (TPSA) is 45.5 Å². The van der Waals surface area contributed by atoms with Gasteiger partial charge in [0.15, 0.2) is 0 Å². The van der Waals surface area contributed by atoms with Crippen molar-refractivity contribution >= 4 is 17.2 Å². The van der Waals surface area contributed by atoms with Gasteiger partial charge in [0.05, 0.1) is 12.3 Å². The summed E-state index contributed by atoms with van der Waals surface area (Å²) in [7, 11) is 0. The van der Waals surface area contributed by atoms with Crippen molar-refractivity contribution < 1.29 is 9.90 Å². The minimum Gasteiger partial charge on any atom is -0.395 e. The normalized spacial score (nSPS) is 15.1. The molecule has 1 aliphatic carbocycles. The molecule has 1 amide bonds. The smallest absolute Gasteiger partial charge is 0.266 e. The Balaban J connectivity index is 1.87. The van der Waals surface area contributed by atoms with Crippen molar-refractivity contribution in [2.45, 2.75) is 25.3 Å². The standard InChI is InChI=1S/C15H18N2O2S/c18-10-9-17(12-4-3-5-12)15(19)14-13(6-11-20-14)16-7-1-2-8-16/h1-2,6-8,11-12,18H,3-5,9-10H2. The molecule has 0 aromatic carbocycles. The number of aliphatic hydroxyl groups is 1. The predicted molar refractivity (Wildman–Crippen MR) is 79.4 cm³/mol. The zero-order chi connectivity index (χ0) is 13.9. The van der Waals surface area contributed by atoms with Crippen LogP contribution in [0.15, 0.2) is 36.0 Å². The summed E-state index contributed by atoms with van der Waals surface area (Å²) in [4.78, 5) is 15.3. The van der Waals surface area contributed by atoms with Gasteiger partial charge in [0.1, 0.15) is 4.88 Å². The third-order valence-corrected chi connectivity index (χ3v) is 4.73. The number of amides is 1. The lowest BCUT2D eigenvalue weighted by atomic mass is 9.91. The first-order chi connectivity index (χ1) is 9.81. The molecule has 5 heteroatoms. The van der Waals surface area contributed by atoms with E-state index in [-0.39, 0.29) is 12.5 Å². The van der Waals surface area contributed by atoms with E-state index in [9.17, 15) is 9.90 Å². The van der Waals surface area contributed by atoms with Crippen LogP contribution < -0.4 is 0 Å². The van der Waals surface area contributed by atoms with Crippen LogP contribution in [0.2, 0.25) is 0 Å². The molecule has 1 saturated carbocycles. The number of aromatic nitrogens is 1. The van der Waals surface area contributed by atoms with Gasteiger partial charge in [-0.25, -0.2) is 0 Å². The fourth-order valence-electron chi connectivity index (χ4n) is 2.55. The summed E-state index contributed by atoms with van der Waals surface area (Å²) < 4.78 is 1.96. The summed E-state index contributed by atoms with van der Waals surface area (Å²) in [5.74, 6) is 0.0439. The zero-order valence-electron chi connectivity index (χ0n) is 11.2. The quantitative estimate of drug-likeness (QED) is 0.919. The Morgan fingerprint density at radius 1 is 1.40 bits per heavy atom. The molecule has 1 aliphatic rings. The van der Waals surface area contributed by atoms with Crippen molar-refractivity contribution in [3.8, 4) is 5.69 Å². The Morgan fingerprint density at radius 3 is 2.75 bits per heavy atom. The molecule has 0 spiro atoms. The second kappa shape index (κ2) is 5.81. The second-order valence-corrected chi connectivity index (χ2v) is 5.95. The number of thiophene rings is 1. The molecule has 0 atom stereocenters. The van der Waals surface area contributed by atoms with Crippen LogP contribution in [0.3, 0.4) is 0 Å². The lowest BCUT2D eigenvalue weighted by Gasteiger charge is -2.37. The van der Waals surface area contributed by atoms with Gasteiger partial charge in [0.2, 0.25) is 0 Å². The van der Waals surface area contributed by atoms with Crippen LogP contribution in [0, 0.1) is 0 Å². The van der Waals surface area contributed by atoms with Crippen LogP contribution >= 0.6 is 11.3 Å². The maximum absolute atomic E-state index is 12.8. The van der Waals surface area contributed by atoms with Gasteiger partial charge in [-0.1, -0.05) is 0 Å². The number of aliphatic hydroxyl groups excluding tert-OH is 1. The molecule has 0 saturated heterocycles. The molecule has 106 valence electrons. The van der Waals surface area contributed by atoms with Crippen LogP contribution in [0.4, 0.5) is 0 Å². The maximum atomic E-state index is 12.8. The van der Waals surface area contributed by atoms with Crippen molar-refractivity contribution in [2.75, 3.05) is 13.2 Å². The Labute approximate surface area is 122 Å². The molecule has 3 rings (SSSR count). The van der Waals surface area contributed by atoms with E-state index in [4.69, 9.17) is 0 Å². The van der Waals surface area contributed by atoms with Gasteiger partial charge in [-0.15, -0.1) is 11.3 Å². The van der Waals surface area contributed by atoms with E-state index >= 15 is 0 Å². The van der Waals surface area contributed by atoms with Crippen LogP contribution in [-0.4, -0.2) is 39.7 Å². The van der Waals surface area contributed by atoms with Crippen molar-refractivity contribution in [1.82, 2.24) is 9.47 Å². The molecule has 2 aromatic heterocycles. The van der Waals surface area contributed by atoms with E-state index in [0.717, 1.165) is 23.4 Å². The first-order valence-electron chi connectivity index (χ1n) is 6.94. The fourth-order valence-corrected chi connectivity index (χ4v) is 3.39. The summed E-state index contributed by atoms with van der Waals surface area (Å²) >= 11 is 1.47. The number of carbonyl (C=O) groups excluding carboxylic acids is 1. The Bertz CT molecular complexity index is 572. The second-order valence-electron chi connectivity index (χ2n) is 5.03.